The summed E-state index contributed by atoms with van der Waals surface area (Å²) in [6.07, 6.45) is 4.69. The molecule has 0 bridgehead atoms. The number of nitrogens with zero attached hydrogens (tertiary/aromatic N) is 2. The molecule has 0 fully saturated rings. The molecular weight excluding hydrogens is 330 g/mol. The number of anilines is 2. The highest BCUT2D eigenvalue weighted by atomic mass is 32.1. The predicted octanol–water partition coefficient (Wildman–Crippen LogP) is 5.41. The highest BCUT2D eigenvalue weighted by molar-refractivity contribution is 7.16. The van der Waals surface area contributed by atoms with Gasteiger partial charge in [-0.05, 0) is 30.2 Å². The molecule has 124 valence electrons. The van der Waals surface area contributed by atoms with Crippen molar-refractivity contribution in [2.24, 2.45) is 4.99 Å². The Morgan fingerprint density at radius 1 is 1.12 bits per heavy atom. The largest absolute Gasteiger partial charge is 0.492 e. The van der Waals surface area contributed by atoms with Crippen LogP contribution in [0.25, 0.3) is 11.6 Å². The van der Waals surface area contributed by atoms with E-state index in [1.165, 1.54) is 16.9 Å². The monoisotopic (exact) mass is 347 g/mol. The lowest BCUT2D eigenvalue weighted by Gasteiger charge is -2.07. The Morgan fingerprint density at radius 2 is 1.92 bits per heavy atom. The van der Waals surface area contributed by atoms with Crippen LogP contribution in [0.5, 0.6) is 5.88 Å². The molecule has 3 aromatic rings. The molecule has 2 aromatic carbocycles. The Bertz CT molecular complexity index is 988. The molecule has 4 rings (SSSR count). The highest BCUT2D eigenvalue weighted by Crippen LogP contribution is 2.37. The number of aromatic nitrogens is 1. The first-order chi connectivity index (χ1) is 12.2. The number of aliphatic imine (C=N–C) groups is 1. The van der Waals surface area contributed by atoms with Gasteiger partial charge in [0.25, 0.3) is 0 Å². The maximum absolute atomic E-state index is 10.2. The third-order valence-corrected chi connectivity index (χ3v) is 5.03. The quantitative estimate of drug-likeness (QED) is 0.663. The fourth-order valence-corrected chi connectivity index (χ4v) is 3.66. The third kappa shape index (κ3) is 3.06. The summed E-state index contributed by atoms with van der Waals surface area (Å²) >= 11 is 1.42. The summed E-state index contributed by atoms with van der Waals surface area (Å²) in [6.45, 7) is 2.12. The second-order valence-corrected chi connectivity index (χ2v) is 6.75. The van der Waals surface area contributed by atoms with Crippen molar-refractivity contribution in [2.75, 3.05) is 5.32 Å². The molecule has 0 aliphatic carbocycles. The van der Waals surface area contributed by atoms with E-state index in [4.69, 9.17) is 0 Å². The van der Waals surface area contributed by atoms with Crippen LogP contribution >= 0.6 is 11.3 Å². The topological polar surface area (TPSA) is 57.5 Å². The van der Waals surface area contributed by atoms with Crippen LogP contribution < -0.4 is 5.32 Å². The fourth-order valence-electron chi connectivity index (χ4n) is 2.83. The van der Waals surface area contributed by atoms with E-state index in [1.54, 1.807) is 0 Å². The van der Waals surface area contributed by atoms with Gasteiger partial charge in [-0.1, -0.05) is 54.7 Å². The zero-order chi connectivity index (χ0) is 17.2. The smallest absolute Gasteiger partial charge is 0.231 e. The summed E-state index contributed by atoms with van der Waals surface area (Å²) in [5, 5.41) is 14.2. The van der Waals surface area contributed by atoms with Gasteiger partial charge < -0.3 is 10.4 Å². The number of hydrogen-bond acceptors (Lipinski definition) is 5. The Labute approximate surface area is 150 Å². The molecule has 1 aliphatic heterocycles. The number of para-hydroxylation sites is 2. The molecule has 2 heterocycles. The van der Waals surface area contributed by atoms with Crippen molar-refractivity contribution in [3.8, 4) is 5.88 Å². The van der Waals surface area contributed by atoms with Crippen molar-refractivity contribution < 1.29 is 5.11 Å². The van der Waals surface area contributed by atoms with Gasteiger partial charge in [-0.15, -0.1) is 0 Å². The van der Waals surface area contributed by atoms with Crippen LogP contribution in [0.15, 0.2) is 53.5 Å². The van der Waals surface area contributed by atoms with Crippen LogP contribution in [-0.4, -0.2) is 16.3 Å². The molecule has 0 saturated carbocycles. The standard InChI is InChI=1S/C20H17N3OS/c1-2-13-7-3-5-9-16(13)22-20-23-19(24)18(25-20)11-14-12-21-17-10-6-4-8-15(14)17/h3-12,24H,2H2,1H3,(H,22,23). The molecule has 2 N–H and O–H groups in total. The van der Waals surface area contributed by atoms with Gasteiger partial charge in [-0.25, -0.2) is 0 Å². The van der Waals surface area contributed by atoms with Crippen LogP contribution in [0.4, 0.5) is 16.5 Å². The molecule has 0 saturated heterocycles. The van der Waals surface area contributed by atoms with Crippen molar-refractivity contribution >= 4 is 45.7 Å². The minimum absolute atomic E-state index is 0.0340. The number of allylic oxidation sites excluding steroid dienone is 1. The number of benzene rings is 2. The average molecular weight is 347 g/mol. The van der Waals surface area contributed by atoms with Gasteiger partial charge in [0, 0.05) is 23.0 Å². The Balaban J connectivity index is 1.64. The zero-order valence-electron chi connectivity index (χ0n) is 13.7. The van der Waals surface area contributed by atoms with Gasteiger partial charge in [0.05, 0.1) is 10.6 Å². The Kier molecular flexibility index (Phi) is 4.07. The number of aryl methyl sites for hydroxylation is 1. The maximum Gasteiger partial charge on any atom is 0.231 e. The van der Waals surface area contributed by atoms with E-state index in [0.29, 0.717) is 5.13 Å². The summed E-state index contributed by atoms with van der Waals surface area (Å²) in [7, 11) is 0. The maximum atomic E-state index is 10.2. The van der Waals surface area contributed by atoms with Crippen LogP contribution in [-0.2, 0) is 6.42 Å². The van der Waals surface area contributed by atoms with Crippen molar-refractivity contribution in [3.05, 3.63) is 64.5 Å². The van der Waals surface area contributed by atoms with E-state index >= 15 is 0 Å². The zero-order valence-corrected chi connectivity index (χ0v) is 14.5. The van der Waals surface area contributed by atoms with Gasteiger partial charge in [0.2, 0.25) is 5.88 Å². The molecule has 1 aliphatic rings. The lowest BCUT2D eigenvalue weighted by Crippen LogP contribution is -1.93. The molecule has 4 nitrogen and oxygen atoms in total. The van der Waals surface area contributed by atoms with Crippen molar-refractivity contribution in [1.29, 1.82) is 0 Å². The molecule has 0 spiro atoms. The third-order valence-electron chi connectivity index (χ3n) is 4.12. The molecular formula is C20H17N3OS. The van der Waals surface area contributed by atoms with Gasteiger partial charge >= 0.3 is 0 Å². The van der Waals surface area contributed by atoms with Crippen LogP contribution in [0.1, 0.15) is 22.9 Å². The van der Waals surface area contributed by atoms with Crippen LogP contribution in [0.2, 0.25) is 0 Å². The molecule has 1 aromatic heterocycles. The molecule has 0 amide bonds. The lowest BCUT2D eigenvalue weighted by molar-refractivity contribution is 0.457. The summed E-state index contributed by atoms with van der Waals surface area (Å²) in [6, 6.07) is 16.1. The minimum atomic E-state index is 0.0340. The van der Waals surface area contributed by atoms with Gasteiger partial charge in [0.15, 0.2) is 5.13 Å². The first-order valence-electron chi connectivity index (χ1n) is 8.14. The first-order valence-corrected chi connectivity index (χ1v) is 8.96. The van der Waals surface area contributed by atoms with E-state index in [9.17, 15) is 5.11 Å². The first kappa shape index (κ1) is 15.6. The van der Waals surface area contributed by atoms with Crippen molar-refractivity contribution in [2.45, 2.75) is 13.3 Å². The molecule has 0 unspecified atom stereocenters. The number of rotatable bonds is 4. The molecule has 0 radical (unpaired) electrons. The number of fused-ring (bicyclic) bond motifs is 1. The van der Waals surface area contributed by atoms with E-state index in [1.807, 2.05) is 54.8 Å². The summed E-state index contributed by atoms with van der Waals surface area (Å²) in [5.74, 6) is 0.0340. The summed E-state index contributed by atoms with van der Waals surface area (Å²) < 4.78 is 0. The van der Waals surface area contributed by atoms with Crippen LogP contribution in [0.3, 0.4) is 0 Å². The number of nitrogens with one attached hydrogen (secondary N) is 1. The predicted molar refractivity (Wildman–Crippen MR) is 105 cm³/mol. The summed E-state index contributed by atoms with van der Waals surface area (Å²) in [4.78, 5) is 9.37. The van der Waals surface area contributed by atoms with E-state index in [-0.39, 0.29) is 5.88 Å². The average Bonchev–Trinajstić information content (AvgIpc) is 3.20. The van der Waals surface area contributed by atoms with E-state index in [2.05, 4.69) is 28.3 Å². The van der Waals surface area contributed by atoms with Gasteiger partial charge in [-0.3, -0.25) is 4.99 Å². The number of thiazole rings is 1. The van der Waals surface area contributed by atoms with E-state index < -0.39 is 0 Å². The number of aromatic hydroxyl groups is 1. The SMILES string of the molecule is CCc1ccccc1Nc1nc(O)c(C=C2C=Nc3ccccc32)s1. The Morgan fingerprint density at radius 3 is 2.80 bits per heavy atom. The fraction of sp³-hybridized carbons (Fsp3) is 0.100. The molecule has 25 heavy (non-hydrogen) atoms. The highest BCUT2D eigenvalue weighted by Gasteiger charge is 2.15. The normalized spacial score (nSPS) is 14.0. The lowest BCUT2D eigenvalue weighted by atomic mass is 10.1. The molecule has 0 atom stereocenters. The summed E-state index contributed by atoms with van der Waals surface area (Å²) in [5.41, 5.74) is 5.24. The van der Waals surface area contributed by atoms with Crippen molar-refractivity contribution in [1.82, 2.24) is 4.98 Å². The Hall–Kier alpha value is -2.92. The van der Waals surface area contributed by atoms with Crippen LogP contribution in [0, 0.1) is 0 Å². The van der Waals surface area contributed by atoms with E-state index in [0.717, 1.165) is 33.8 Å². The molecule has 5 heteroatoms. The number of hydrogen-bond donors (Lipinski definition) is 2. The minimum Gasteiger partial charge on any atom is -0.492 e. The van der Waals surface area contributed by atoms with Gasteiger partial charge in [-0.2, -0.15) is 4.98 Å². The second kappa shape index (κ2) is 6.53. The second-order valence-electron chi connectivity index (χ2n) is 5.72. The van der Waals surface area contributed by atoms with Gasteiger partial charge in [0.1, 0.15) is 0 Å². The van der Waals surface area contributed by atoms with Crippen molar-refractivity contribution in [3.63, 3.8) is 0 Å².